The molecule has 2 rings (SSSR count). The molecule has 1 fully saturated rings. The van der Waals surface area contributed by atoms with Crippen molar-refractivity contribution in [3.05, 3.63) is 21.4 Å². The van der Waals surface area contributed by atoms with E-state index in [-0.39, 0.29) is 5.54 Å². The first-order valence-electron chi connectivity index (χ1n) is 7.08. The smallest absolute Gasteiger partial charge is 0.0594 e. The summed E-state index contributed by atoms with van der Waals surface area (Å²) in [5.41, 5.74) is 1.64. The summed E-state index contributed by atoms with van der Waals surface area (Å²) in [6.07, 6.45) is 0. The third-order valence-electron chi connectivity index (χ3n) is 3.88. The number of rotatable bonds is 5. The molecule has 0 spiro atoms. The van der Waals surface area contributed by atoms with Crippen LogP contribution in [-0.2, 0) is 11.3 Å². The molecule has 3 nitrogen and oxygen atoms in total. The summed E-state index contributed by atoms with van der Waals surface area (Å²) in [5, 5.41) is 3.62. The van der Waals surface area contributed by atoms with E-state index in [1.807, 2.05) is 11.3 Å². The van der Waals surface area contributed by atoms with Crippen molar-refractivity contribution >= 4 is 11.3 Å². The molecule has 1 aromatic rings. The minimum atomic E-state index is 0.197. The summed E-state index contributed by atoms with van der Waals surface area (Å²) in [7, 11) is 0. The second-order valence-corrected chi connectivity index (χ2v) is 7.41. The van der Waals surface area contributed by atoms with E-state index in [1.165, 1.54) is 15.3 Å². The van der Waals surface area contributed by atoms with Gasteiger partial charge in [-0.3, -0.25) is 4.90 Å². The van der Waals surface area contributed by atoms with Gasteiger partial charge in [0.15, 0.2) is 0 Å². The highest BCUT2D eigenvalue weighted by molar-refractivity contribution is 7.12. The molecular weight excluding hydrogens is 256 g/mol. The van der Waals surface area contributed by atoms with Gasteiger partial charge in [-0.25, -0.2) is 0 Å². The Morgan fingerprint density at radius 3 is 2.58 bits per heavy atom. The van der Waals surface area contributed by atoms with Crippen LogP contribution in [-0.4, -0.2) is 43.3 Å². The largest absolute Gasteiger partial charge is 0.379 e. The Morgan fingerprint density at radius 1 is 1.32 bits per heavy atom. The number of hydrogen-bond donors (Lipinski definition) is 1. The van der Waals surface area contributed by atoms with Gasteiger partial charge in [0.1, 0.15) is 0 Å². The molecule has 0 unspecified atom stereocenters. The van der Waals surface area contributed by atoms with Crippen molar-refractivity contribution in [1.29, 1.82) is 0 Å². The molecule has 0 radical (unpaired) electrons. The number of aryl methyl sites for hydroxylation is 2. The van der Waals surface area contributed by atoms with Crippen LogP contribution in [0.15, 0.2) is 6.07 Å². The number of thiophene rings is 1. The van der Waals surface area contributed by atoms with Crippen LogP contribution >= 0.6 is 11.3 Å². The van der Waals surface area contributed by atoms with E-state index in [2.05, 4.69) is 44.0 Å². The van der Waals surface area contributed by atoms with Gasteiger partial charge in [-0.05, 0) is 39.3 Å². The van der Waals surface area contributed by atoms with Gasteiger partial charge in [0.05, 0.1) is 13.2 Å². The predicted molar refractivity (Wildman–Crippen MR) is 82.0 cm³/mol. The Kier molecular flexibility index (Phi) is 5.01. The number of morpholine rings is 1. The van der Waals surface area contributed by atoms with Gasteiger partial charge in [0, 0.05) is 41.5 Å². The van der Waals surface area contributed by atoms with Gasteiger partial charge in [0.2, 0.25) is 0 Å². The fourth-order valence-electron chi connectivity index (χ4n) is 2.64. The predicted octanol–water partition coefficient (Wildman–Crippen LogP) is 2.57. The summed E-state index contributed by atoms with van der Waals surface area (Å²) < 4.78 is 5.43. The Morgan fingerprint density at radius 2 is 2.00 bits per heavy atom. The zero-order valence-corrected chi connectivity index (χ0v) is 13.4. The van der Waals surface area contributed by atoms with Crippen LogP contribution in [0.25, 0.3) is 0 Å². The molecule has 1 aromatic heterocycles. The lowest BCUT2D eigenvalue weighted by atomic mass is 10.0. The van der Waals surface area contributed by atoms with Crippen LogP contribution in [0.2, 0.25) is 0 Å². The van der Waals surface area contributed by atoms with E-state index < -0.39 is 0 Å². The Hall–Kier alpha value is -0.420. The lowest BCUT2D eigenvalue weighted by Crippen LogP contribution is -2.54. The molecule has 4 heteroatoms. The van der Waals surface area contributed by atoms with Crippen molar-refractivity contribution < 1.29 is 4.74 Å². The van der Waals surface area contributed by atoms with Gasteiger partial charge in [-0.1, -0.05) is 0 Å². The maximum absolute atomic E-state index is 5.43. The van der Waals surface area contributed by atoms with Crippen LogP contribution in [0.1, 0.15) is 29.2 Å². The monoisotopic (exact) mass is 282 g/mol. The van der Waals surface area contributed by atoms with Crippen LogP contribution in [0.3, 0.4) is 0 Å². The van der Waals surface area contributed by atoms with Gasteiger partial charge in [-0.15, -0.1) is 11.3 Å². The molecule has 1 aliphatic heterocycles. The zero-order chi connectivity index (χ0) is 13.9. The first-order valence-corrected chi connectivity index (χ1v) is 7.90. The van der Waals surface area contributed by atoms with E-state index in [0.29, 0.717) is 0 Å². The van der Waals surface area contributed by atoms with Crippen LogP contribution in [0.5, 0.6) is 0 Å². The van der Waals surface area contributed by atoms with Gasteiger partial charge >= 0.3 is 0 Å². The Balaban J connectivity index is 1.82. The lowest BCUT2D eigenvalue weighted by Gasteiger charge is -2.41. The molecule has 0 aromatic carbocycles. The van der Waals surface area contributed by atoms with Crippen molar-refractivity contribution in [2.24, 2.45) is 0 Å². The lowest BCUT2D eigenvalue weighted by molar-refractivity contribution is -0.00966. The first-order chi connectivity index (χ1) is 8.99. The molecule has 1 aliphatic rings. The van der Waals surface area contributed by atoms with E-state index in [4.69, 9.17) is 4.74 Å². The topological polar surface area (TPSA) is 24.5 Å². The standard InChI is InChI=1S/C15H26N2OS/c1-12-9-14(13(2)19-12)10-16-11-15(3,4)17-5-7-18-8-6-17/h9,16H,5-8,10-11H2,1-4H3. The Bertz CT molecular complexity index is 408. The molecule has 1 saturated heterocycles. The third kappa shape index (κ3) is 4.02. The van der Waals surface area contributed by atoms with Crippen molar-refractivity contribution in [1.82, 2.24) is 10.2 Å². The van der Waals surface area contributed by atoms with E-state index >= 15 is 0 Å². The first kappa shape index (κ1) is 15.0. The average molecular weight is 282 g/mol. The van der Waals surface area contributed by atoms with Gasteiger partial charge in [-0.2, -0.15) is 0 Å². The molecule has 0 aliphatic carbocycles. The highest BCUT2D eigenvalue weighted by Crippen LogP contribution is 2.21. The molecule has 0 saturated carbocycles. The number of ether oxygens (including phenoxy) is 1. The van der Waals surface area contributed by atoms with Crippen LogP contribution in [0.4, 0.5) is 0 Å². The SMILES string of the molecule is Cc1cc(CNCC(C)(C)N2CCOCC2)c(C)s1. The maximum atomic E-state index is 5.43. The summed E-state index contributed by atoms with van der Waals surface area (Å²) in [6.45, 7) is 14.8. The van der Waals surface area contributed by atoms with Crippen molar-refractivity contribution in [3.63, 3.8) is 0 Å². The second kappa shape index (κ2) is 6.35. The molecule has 19 heavy (non-hydrogen) atoms. The number of hydrogen-bond acceptors (Lipinski definition) is 4. The summed E-state index contributed by atoms with van der Waals surface area (Å²) in [6, 6.07) is 2.30. The summed E-state index contributed by atoms with van der Waals surface area (Å²) in [5.74, 6) is 0. The highest BCUT2D eigenvalue weighted by Gasteiger charge is 2.27. The zero-order valence-electron chi connectivity index (χ0n) is 12.6. The number of nitrogens with zero attached hydrogens (tertiary/aromatic N) is 1. The molecule has 0 atom stereocenters. The average Bonchev–Trinajstić information content (AvgIpc) is 2.69. The third-order valence-corrected chi connectivity index (χ3v) is 4.89. The summed E-state index contributed by atoms with van der Waals surface area (Å²) in [4.78, 5) is 5.37. The Labute approximate surface area is 121 Å². The van der Waals surface area contributed by atoms with Crippen LogP contribution in [0, 0.1) is 13.8 Å². The maximum Gasteiger partial charge on any atom is 0.0594 e. The molecule has 1 N–H and O–H groups in total. The van der Waals surface area contributed by atoms with E-state index in [0.717, 1.165) is 39.4 Å². The minimum Gasteiger partial charge on any atom is -0.379 e. The van der Waals surface area contributed by atoms with Crippen molar-refractivity contribution in [2.75, 3.05) is 32.8 Å². The number of nitrogens with one attached hydrogen (secondary N) is 1. The molecule has 0 bridgehead atoms. The molecule has 2 heterocycles. The second-order valence-electron chi connectivity index (χ2n) is 5.95. The van der Waals surface area contributed by atoms with E-state index in [1.54, 1.807) is 0 Å². The van der Waals surface area contributed by atoms with Gasteiger partial charge < -0.3 is 10.1 Å². The van der Waals surface area contributed by atoms with Gasteiger partial charge in [0.25, 0.3) is 0 Å². The van der Waals surface area contributed by atoms with E-state index in [9.17, 15) is 0 Å². The highest BCUT2D eigenvalue weighted by atomic mass is 32.1. The molecule has 0 amide bonds. The fourth-order valence-corrected chi connectivity index (χ4v) is 3.59. The van der Waals surface area contributed by atoms with Crippen LogP contribution < -0.4 is 5.32 Å². The minimum absolute atomic E-state index is 0.197. The van der Waals surface area contributed by atoms with Crippen molar-refractivity contribution in [3.8, 4) is 0 Å². The summed E-state index contributed by atoms with van der Waals surface area (Å²) >= 11 is 1.89. The quantitative estimate of drug-likeness (QED) is 0.898. The van der Waals surface area contributed by atoms with Crippen molar-refractivity contribution in [2.45, 2.75) is 39.8 Å². The molecular formula is C15H26N2OS. The molecule has 108 valence electrons. The fraction of sp³-hybridized carbons (Fsp3) is 0.733. The normalized spacial score (nSPS) is 17.9.